The first kappa shape index (κ1) is 23.6. The lowest BCUT2D eigenvalue weighted by atomic mass is 10.0. The quantitative estimate of drug-likeness (QED) is 0.516. The van der Waals surface area contributed by atoms with Crippen molar-refractivity contribution < 1.29 is 4.79 Å². The van der Waals surface area contributed by atoms with Crippen LogP contribution in [0, 0.1) is 5.92 Å². The van der Waals surface area contributed by atoms with Crippen molar-refractivity contribution in [2.75, 3.05) is 58.9 Å². The van der Waals surface area contributed by atoms with Gasteiger partial charge in [0.15, 0.2) is 0 Å². The summed E-state index contributed by atoms with van der Waals surface area (Å²) in [6.45, 7) is 17.0. The second kappa shape index (κ2) is 13.6. The molecule has 1 N–H and O–H groups in total. The highest BCUT2D eigenvalue weighted by molar-refractivity contribution is 5.76. The second-order valence-electron chi connectivity index (χ2n) is 9.19. The highest BCUT2D eigenvalue weighted by Crippen LogP contribution is 2.20. The SMILES string of the molecule is CCNCCCCCC(=O)N1CCC(N2CCN(CCCC(C)C)CC2)CC1. The van der Waals surface area contributed by atoms with Crippen molar-refractivity contribution in [2.45, 2.75) is 78.2 Å². The van der Waals surface area contributed by atoms with Crippen LogP contribution in [0.2, 0.25) is 0 Å². The molecule has 0 radical (unpaired) electrons. The first-order chi connectivity index (χ1) is 13.6. The van der Waals surface area contributed by atoms with Gasteiger partial charge in [-0.2, -0.15) is 0 Å². The van der Waals surface area contributed by atoms with Crippen LogP contribution in [-0.4, -0.2) is 85.6 Å². The first-order valence-corrected chi connectivity index (χ1v) is 12.0. The molecule has 164 valence electrons. The van der Waals surface area contributed by atoms with E-state index in [0.717, 1.165) is 51.4 Å². The summed E-state index contributed by atoms with van der Waals surface area (Å²) in [6, 6.07) is 0.696. The number of carbonyl (C=O) groups excluding carboxylic acids is 1. The van der Waals surface area contributed by atoms with Gasteiger partial charge in [0.25, 0.3) is 0 Å². The van der Waals surface area contributed by atoms with E-state index in [-0.39, 0.29) is 0 Å². The third-order valence-electron chi connectivity index (χ3n) is 6.49. The van der Waals surface area contributed by atoms with Crippen LogP contribution in [0.1, 0.15) is 72.1 Å². The van der Waals surface area contributed by atoms with Crippen LogP contribution in [0.25, 0.3) is 0 Å². The largest absolute Gasteiger partial charge is 0.343 e. The number of hydrogen-bond donors (Lipinski definition) is 1. The third kappa shape index (κ3) is 8.79. The zero-order valence-corrected chi connectivity index (χ0v) is 18.9. The number of rotatable bonds is 12. The van der Waals surface area contributed by atoms with Gasteiger partial charge in [-0.25, -0.2) is 0 Å². The van der Waals surface area contributed by atoms with E-state index < -0.39 is 0 Å². The molecule has 0 spiro atoms. The van der Waals surface area contributed by atoms with Crippen molar-refractivity contribution in [3.63, 3.8) is 0 Å². The zero-order valence-electron chi connectivity index (χ0n) is 18.9. The molecule has 5 heteroatoms. The molecule has 0 saturated carbocycles. The van der Waals surface area contributed by atoms with Crippen molar-refractivity contribution in [1.29, 1.82) is 0 Å². The lowest BCUT2D eigenvalue weighted by molar-refractivity contribution is -0.133. The van der Waals surface area contributed by atoms with Crippen LogP contribution >= 0.6 is 0 Å². The molecule has 2 aliphatic heterocycles. The molecule has 0 unspecified atom stereocenters. The van der Waals surface area contributed by atoms with Gasteiger partial charge < -0.3 is 15.1 Å². The molecule has 5 nitrogen and oxygen atoms in total. The summed E-state index contributed by atoms with van der Waals surface area (Å²) in [5, 5.41) is 3.35. The van der Waals surface area contributed by atoms with E-state index >= 15 is 0 Å². The molecule has 2 heterocycles. The van der Waals surface area contributed by atoms with E-state index in [2.05, 4.69) is 40.8 Å². The van der Waals surface area contributed by atoms with Crippen LogP contribution in [0.15, 0.2) is 0 Å². The fourth-order valence-corrected chi connectivity index (χ4v) is 4.59. The Kier molecular flexibility index (Phi) is 11.4. The van der Waals surface area contributed by atoms with Gasteiger partial charge in [-0.05, 0) is 64.1 Å². The van der Waals surface area contributed by atoms with Crippen molar-refractivity contribution in [2.24, 2.45) is 5.92 Å². The molecule has 0 aliphatic carbocycles. The average molecular weight is 395 g/mol. The normalized spacial score (nSPS) is 20.2. The molecule has 0 aromatic carbocycles. The number of nitrogens with one attached hydrogen (secondary N) is 1. The maximum atomic E-state index is 12.5. The fourth-order valence-electron chi connectivity index (χ4n) is 4.59. The molecule has 2 rings (SSSR count). The molecule has 0 atom stereocenters. The van der Waals surface area contributed by atoms with Crippen molar-refractivity contribution in [1.82, 2.24) is 20.0 Å². The lowest BCUT2D eigenvalue weighted by Gasteiger charge is -2.43. The number of unbranched alkanes of at least 4 members (excludes halogenated alkanes) is 2. The van der Waals surface area contributed by atoms with E-state index in [0.29, 0.717) is 11.9 Å². The minimum absolute atomic E-state index is 0.386. The topological polar surface area (TPSA) is 38.8 Å². The molecule has 1 amide bonds. The summed E-state index contributed by atoms with van der Waals surface area (Å²) in [5.74, 6) is 1.21. The number of carbonyl (C=O) groups is 1. The second-order valence-corrected chi connectivity index (χ2v) is 9.19. The van der Waals surface area contributed by atoms with Gasteiger partial charge in [-0.1, -0.05) is 27.2 Å². The van der Waals surface area contributed by atoms with Crippen molar-refractivity contribution >= 4 is 5.91 Å². The number of amides is 1. The van der Waals surface area contributed by atoms with Crippen LogP contribution in [0.4, 0.5) is 0 Å². The Bertz CT molecular complexity index is 413. The number of piperidine rings is 1. The van der Waals surface area contributed by atoms with Gasteiger partial charge in [0.2, 0.25) is 5.91 Å². The Morgan fingerprint density at radius 1 is 0.964 bits per heavy atom. The Morgan fingerprint density at radius 3 is 2.32 bits per heavy atom. The number of likely N-dealkylation sites (tertiary alicyclic amines) is 1. The van der Waals surface area contributed by atoms with E-state index in [1.54, 1.807) is 0 Å². The van der Waals surface area contributed by atoms with Crippen molar-refractivity contribution in [3.8, 4) is 0 Å². The predicted octanol–water partition coefficient (Wildman–Crippen LogP) is 3.20. The predicted molar refractivity (Wildman–Crippen MR) is 119 cm³/mol. The molecular formula is C23H46N4O. The van der Waals surface area contributed by atoms with E-state index in [4.69, 9.17) is 0 Å². The number of nitrogens with zero attached hydrogens (tertiary/aromatic N) is 3. The molecule has 0 aromatic heterocycles. The molecule has 2 fully saturated rings. The zero-order chi connectivity index (χ0) is 20.2. The molecule has 0 bridgehead atoms. The third-order valence-corrected chi connectivity index (χ3v) is 6.49. The van der Waals surface area contributed by atoms with Gasteiger partial charge in [-0.3, -0.25) is 9.69 Å². The lowest BCUT2D eigenvalue weighted by Crippen LogP contribution is -2.53. The van der Waals surface area contributed by atoms with Crippen LogP contribution in [-0.2, 0) is 4.79 Å². The monoisotopic (exact) mass is 394 g/mol. The fraction of sp³-hybridized carbons (Fsp3) is 0.957. The molecule has 2 saturated heterocycles. The van der Waals surface area contributed by atoms with E-state index in [9.17, 15) is 4.79 Å². The van der Waals surface area contributed by atoms with Crippen LogP contribution < -0.4 is 5.32 Å². The Balaban J connectivity index is 1.55. The smallest absolute Gasteiger partial charge is 0.222 e. The standard InChI is InChI=1S/C23H46N4O/c1-4-24-13-7-5-6-10-23(28)27-15-11-22(12-16-27)26-19-17-25(18-20-26)14-8-9-21(2)3/h21-22,24H,4-20H2,1-3H3. The van der Waals surface area contributed by atoms with Gasteiger partial charge in [0, 0.05) is 51.7 Å². The number of hydrogen-bond acceptors (Lipinski definition) is 4. The Labute approximate surface area is 174 Å². The first-order valence-electron chi connectivity index (χ1n) is 12.0. The minimum Gasteiger partial charge on any atom is -0.343 e. The summed E-state index contributed by atoms with van der Waals surface area (Å²) < 4.78 is 0. The summed E-state index contributed by atoms with van der Waals surface area (Å²) in [6.07, 6.45) is 9.16. The summed E-state index contributed by atoms with van der Waals surface area (Å²) >= 11 is 0. The Hall–Kier alpha value is -0.650. The molecular weight excluding hydrogens is 348 g/mol. The maximum Gasteiger partial charge on any atom is 0.222 e. The number of piperazine rings is 1. The van der Waals surface area contributed by atoms with Crippen LogP contribution in [0.5, 0.6) is 0 Å². The summed E-state index contributed by atoms with van der Waals surface area (Å²) in [5.41, 5.74) is 0. The molecule has 0 aromatic rings. The highest BCUT2D eigenvalue weighted by atomic mass is 16.2. The Morgan fingerprint density at radius 2 is 1.68 bits per heavy atom. The summed E-state index contributed by atoms with van der Waals surface area (Å²) in [4.78, 5) is 19.9. The molecule has 2 aliphatic rings. The van der Waals surface area contributed by atoms with Gasteiger partial charge in [0.1, 0.15) is 0 Å². The van der Waals surface area contributed by atoms with Crippen LogP contribution in [0.3, 0.4) is 0 Å². The van der Waals surface area contributed by atoms with E-state index in [1.165, 1.54) is 64.8 Å². The average Bonchev–Trinajstić information content (AvgIpc) is 2.71. The van der Waals surface area contributed by atoms with Gasteiger partial charge in [-0.15, -0.1) is 0 Å². The van der Waals surface area contributed by atoms with Gasteiger partial charge in [0.05, 0.1) is 0 Å². The minimum atomic E-state index is 0.386. The highest BCUT2D eigenvalue weighted by Gasteiger charge is 2.28. The molecule has 28 heavy (non-hydrogen) atoms. The maximum absolute atomic E-state index is 12.5. The van der Waals surface area contributed by atoms with Crippen molar-refractivity contribution in [3.05, 3.63) is 0 Å². The van der Waals surface area contributed by atoms with E-state index in [1.807, 2.05) is 0 Å². The summed E-state index contributed by atoms with van der Waals surface area (Å²) in [7, 11) is 0. The van der Waals surface area contributed by atoms with Gasteiger partial charge >= 0.3 is 0 Å².